The Morgan fingerprint density at radius 1 is 1.00 bits per heavy atom. The third-order valence-electron chi connectivity index (χ3n) is 4.38. The zero-order valence-electron chi connectivity index (χ0n) is 16.5. The minimum atomic E-state index is -0.975. The quantitative estimate of drug-likeness (QED) is 0.598. The van der Waals surface area contributed by atoms with Crippen molar-refractivity contribution in [1.82, 2.24) is 0 Å². The van der Waals surface area contributed by atoms with Crippen LogP contribution in [0.4, 0.5) is 5.69 Å². The third kappa shape index (κ3) is 5.74. The lowest BCUT2D eigenvalue weighted by Gasteiger charge is -2.19. The van der Waals surface area contributed by atoms with Crippen molar-refractivity contribution >= 4 is 17.6 Å². The molecule has 6 heteroatoms. The second-order valence-corrected chi connectivity index (χ2v) is 6.89. The van der Waals surface area contributed by atoms with Gasteiger partial charge in [-0.25, -0.2) is 0 Å². The van der Waals surface area contributed by atoms with Crippen LogP contribution in [0.5, 0.6) is 11.5 Å². The van der Waals surface area contributed by atoms with Crippen LogP contribution in [0.3, 0.4) is 0 Å². The van der Waals surface area contributed by atoms with Crippen molar-refractivity contribution in [3.63, 3.8) is 0 Å². The molecule has 0 aliphatic heterocycles. The summed E-state index contributed by atoms with van der Waals surface area (Å²) >= 11 is 0. The number of hydrogen-bond donors (Lipinski definition) is 2. The van der Waals surface area contributed by atoms with Crippen LogP contribution in [-0.4, -0.2) is 30.2 Å². The van der Waals surface area contributed by atoms with Crippen LogP contribution >= 0.6 is 0 Å². The summed E-state index contributed by atoms with van der Waals surface area (Å²) in [6, 6.07) is 14.3. The van der Waals surface area contributed by atoms with Crippen LogP contribution in [0, 0.1) is 0 Å². The zero-order chi connectivity index (χ0) is 20.6. The Labute approximate surface area is 165 Å². The first-order chi connectivity index (χ1) is 13.3. The second kappa shape index (κ2) is 9.78. The van der Waals surface area contributed by atoms with E-state index in [-0.39, 0.29) is 5.91 Å². The number of carboxylic acids is 1. The molecule has 0 spiro atoms. The van der Waals surface area contributed by atoms with Gasteiger partial charge in [-0.3, -0.25) is 9.59 Å². The van der Waals surface area contributed by atoms with Gasteiger partial charge in [0, 0.05) is 12.1 Å². The molecular formula is C22H27NO5. The van der Waals surface area contributed by atoms with E-state index in [1.165, 1.54) is 0 Å². The van der Waals surface area contributed by atoms with Crippen molar-refractivity contribution in [3.05, 3.63) is 54.1 Å². The van der Waals surface area contributed by atoms with Gasteiger partial charge in [0.05, 0.1) is 18.6 Å². The Kier molecular flexibility index (Phi) is 7.44. The van der Waals surface area contributed by atoms with Gasteiger partial charge in [-0.05, 0) is 57.0 Å². The van der Waals surface area contributed by atoms with Crippen LogP contribution in [0.2, 0.25) is 0 Å². The van der Waals surface area contributed by atoms with E-state index in [4.69, 9.17) is 9.47 Å². The largest absolute Gasteiger partial charge is 0.490 e. The van der Waals surface area contributed by atoms with E-state index < -0.39 is 11.4 Å². The molecule has 0 radical (unpaired) electrons. The van der Waals surface area contributed by atoms with Gasteiger partial charge in [-0.1, -0.05) is 24.3 Å². The predicted octanol–water partition coefficient (Wildman–Crippen LogP) is 4.25. The highest BCUT2D eigenvalue weighted by Gasteiger charge is 2.29. The molecule has 1 amide bonds. The molecule has 0 saturated heterocycles. The molecular weight excluding hydrogens is 358 g/mol. The number of carboxylic acid groups (broad SMARTS) is 1. The van der Waals surface area contributed by atoms with Crippen LogP contribution in [-0.2, 0) is 15.0 Å². The number of carbonyl (C=O) groups is 2. The molecule has 2 aromatic carbocycles. The van der Waals surface area contributed by atoms with E-state index >= 15 is 0 Å². The van der Waals surface area contributed by atoms with Crippen molar-refractivity contribution < 1.29 is 24.2 Å². The van der Waals surface area contributed by atoms with Crippen molar-refractivity contribution in [3.8, 4) is 11.5 Å². The van der Waals surface area contributed by atoms with E-state index in [0.29, 0.717) is 48.8 Å². The Hall–Kier alpha value is -3.02. The second-order valence-electron chi connectivity index (χ2n) is 6.89. The molecule has 0 aliphatic rings. The maximum Gasteiger partial charge on any atom is 0.313 e. The van der Waals surface area contributed by atoms with E-state index in [1.54, 1.807) is 38.1 Å². The van der Waals surface area contributed by atoms with Crippen molar-refractivity contribution in [2.75, 3.05) is 18.5 Å². The maximum atomic E-state index is 12.1. The number of ether oxygens (including phenoxy) is 2. The number of benzene rings is 2. The Morgan fingerprint density at radius 2 is 1.61 bits per heavy atom. The summed E-state index contributed by atoms with van der Waals surface area (Å²) in [5.41, 5.74) is 0.342. The van der Waals surface area contributed by atoms with Crippen molar-refractivity contribution in [2.24, 2.45) is 0 Å². The van der Waals surface area contributed by atoms with Crippen molar-refractivity contribution in [2.45, 2.75) is 39.0 Å². The SMILES string of the molecule is CCOc1ccccc1OCCCC(=O)Nc1ccc(C(C)(C)C(=O)O)cc1. The molecule has 6 nitrogen and oxygen atoms in total. The summed E-state index contributed by atoms with van der Waals surface area (Å²) < 4.78 is 11.2. The van der Waals surface area contributed by atoms with Gasteiger partial charge in [0.2, 0.25) is 5.91 Å². The molecule has 0 aliphatic carbocycles. The first-order valence-corrected chi connectivity index (χ1v) is 9.33. The summed E-state index contributed by atoms with van der Waals surface area (Å²) in [5.74, 6) is 0.349. The molecule has 28 heavy (non-hydrogen) atoms. The van der Waals surface area contributed by atoms with E-state index in [2.05, 4.69) is 5.32 Å². The number of carbonyl (C=O) groups excluding carboxylic acids is 1. The number of rotatable bonds is 10. The average molecular weight is 385 g/mol. The highest BCUT2D eigenvalue weighted by atomic mass is 16.5. The highest BCUT2D eigenvalue weighted by molar-refractivity contribution is 5.90. The Balaban J connectivity index is 1.79. The number of hydrogen-bond acceptors (Lipinski definition) is 4. The van der Waals surface area contributed by atoms with Gasteiger partial charge < -0.3 is 19.9 Å². The number of anilines is 1. The van der Waals surface area contributed by atoms with Gasteiger partial charge in [0.15, 0.2) is 11.5 Å². The Bertz CT molecular complexity index is 799. The third-order valence-corrected chi connectivity index (χ3v) is 4.38. The summed E-state index contributed by atoms with van der Waals surface area (Å²) in [7, 11) is 0. The molecule has 2 aromatic rings. The van der Waals surface area contributed by atoms with Crippen LogP contribution in [0.25, 0.3) is 0 Å². The lowest BCUT2D eigenvalue weighted by Crippen LogP contribution is -2.28. The summed E-state index contributed by atoms with van der Waals surface area (Å²) in [6.45, 7) is 6.17. The van der Waals surface area contributed by atoms with Gasteiger partial charge in [0.1, 0.15) is 0 Å². The molecule has 0 atom stereocenters. The molecule has 150 valence electrons. The molecule has 2 rings (SSSR count). The zero-order valence-corrected chi connectivity index (χ0v) is 16.5. The Morgan fingerprint density at radius 3 is 2.18 bits per heavy atom. The minimum absolute atomic E-state index is 0.119. The summed E-state index contributed by atoms with van der Waals surface area (Å²) in [4.78, 5) is 23.4. The van der Waals surface area contributed by atoms with Crippen LogP contribution < -0.4 is 14.8 Å². The fourth-order valence-corrected chi connectivity index (χ4v) is 2.58. The van der Waals surface area contributed by atoms with Gasteiger partial charge in [-0.15, -0.1) is 0 Å². The average Bonchev–Trinajstić information content (AvgIpc) is 2.67. The normalized spacial score (nSPS) is 11.0. The number of nitrogens with one attached hydrogen (secondary N) is 1. The van der Waals surface area contributed by atoms with E-state index in [9.17, 15) is 14.7 Å². The molecule has 0 bridgehead atoms. The molecule has 0 aromatic heterocycles. The molecule has 0 fully saturated rings. The number of para-hydroxylation sites is 2. The van der Waals surface area contributed by atoms with Crippen LogP contribution in [0.15, 0.2) is 48.5 Å². The van der Waals surface area contributed by atoms with Gasteiger partial charge in [-0.2, -0.15) is 0 Å². The maximum absolute atomic E-state index is 12.1. The fourth-order valence-electron chi connectivity index (χ4n) is 2.58. The number of aliphatic carboxylic acids is 1. The van der Waals surface area contributed by atoms with Gasteiger partial charge >= 0.3 is 5.97 Å². The topological polar surface area (TPSA) is 84.9 Å². The molecule has 0 heterocycles. The smallest absolute Gasteiger partial charge is 0.313 e. The standard InChI is InChI=1S/C22H27NO5/c1-4-27-18-8-5-6-9-19(18)28-15-7-10-20(24)23-17-13-11-16(12-14-17)22(2,3)21(25)26/h5-6,8-9,11-14H,4,7,10,15H2,1-3H3,(H,23,24)(H,25,26). The van der Waals surface area contributed by atoms with E-state index in [1.807, 2.05) is 31.2 Å². The van der Waals surface area contributed by atoms with Gasteiger partial charge in [0.25, 0.3) is 0 Å². The minimum Gasteiger partial charge on any atom is -0.490 e. The first-order valence-electron chi connectivity index (χ1n) is 9.33. The first kappa shape index (κ1) is 21.3. The lowest BCUT2D eigenvalue weighted by atomic mass is 9.85. The van der Waals surface area contributed by atoms with E-state index in [0.717, 1.165) is 0 Å². The predicted molar refractivity (Wildman–Crippen MR) is 108 cm³/mol. The molecule has 2 N–H and O–H groups in total. The summed E-state index contributed by atoms with van der Waals surface area (Å²) in [6.07, 6.45) is 0.885. The number of amides is 1. The fraction of sp³-hybridized carbons (Fsp3) is 0.364. The molecule has 0 saturated carbocycles. The highest BCUT2D eigenvalue weighted by Crippen LogP contribution is 2.27. The van der Waals surface area contributed by atoms with Crippen molar-refractivity contribution in [1.29, 1.82) is 0 Å². The monoisotopic (exact) mass is 385 g/mol. The van der Waals surface area contributed by atoms with Crippen LogP contribution in [0.1, 0.15) is 39.2 Å². The molecule has 0 unspecified atom stereocenters. The summed E-state index contributed by atoms with van der Waals surface area (Å²) in [5, 5.41) is 12.1. The lowest BCUT2D eigenvalue weighted by molar-refractivity contribution is -0.142.